The Morgan fingerprint density at radius 1 is 1.50 bits per heavy atom. The number of nitrogens with one attached hydrogen (secondary N) is 1. The number of hydrogen-bond donors (Lipinski definition) is 2. The van der Waals surface area contributed by atoms with Gasteiger partial charge in [0.1, 0.15) is 0 Å². The van der Waals surface area contributed by atoms with E-state index in [4.69, 9.17) is 10.5 Å². The van der Waals surface area contributed by atoms with Crippen LogP contribution < -0.4 is 15.8 Å². The molecule has 16 heavy (non-hydrogen) atoms. The van der Waals surface area contributed by atoms with Crippen LogP contribution in [0.2, 0.25) is 0 Å². The van der Waals surface area contributed by atoms with Crippen molar-refractivity contribution in [2.45, 2.75) is 20.0 Å². The third-order valence-electron chi connectivity index (χ3n) is 2.61. The summed E-state index contributed by atoms with van der Waals surface area (Å²) in [4.78, 5) is 11.6. The SMILES string of the molecule is Cc1cc(C)c2c(c1Br)OC(CN)C(=O)N2. The van der Waals surface area contributed by atoms with Gasteiger partial charge in [0.05, 0.1) is 10.2 Å². The largest absolute Gasteiger partial charge is 0.476 e. The summed E-state index contributed by atoms with van der Waals surface area (Å²) in [5, 5.41) is 2.82. The van der Waals surface area contributed by atoms with E-state index < -0.39 is 6.10 Å². The average molecular weight is 285 g/mol. The third kappa shape index (κ3) is 1.70. The molecule has 1 amide bonds. The molecule has 4 nitrogen and oxygen atoms in total. The zero-order chi connectivity index (χ0) is 11.9. The van der Waals surface area contributed by atoms with E-state index in [1.807, 2.05) is 19.9 Å². The summed E-state index contributed by atoms with van der Waals surface area (Å²) in [7, 11) is 0. The third-order valence-corrected chi connectivity index (χ3v) is 3.60. The van der Waals surface area contributed by atoms with Crippen LogP contribution in [0.5, 0.6) is 5.75 Å². The Morgan fingerprint density at radius 2 is 2.19 bits per heavy atom. The van der Waals surface area contributed by atoms with Crippen molar-refractivity contribution in [3.05, 3.63) is 21.7 Å². The van der Waals surface area contributed by atoms with Crippen LogP contribution in [-0.2, 0) is 4.79 Å². The molecule has 2 rings (SSSR count). The maximum atomic E-state index is 11.6. The smallest absolute Gasteiger partial charge is 0.266 e. The van der Waals surface area contributed by atoms with Gasteiger partial charge in [-0.05, 0) is 40.9 Å². The van der Waals surface area contributed by atoms with E-state index in [2.05, 4.69) is 21.2 Å². The van der Waals surface area contributed by atoms with E-state index >= 15 is 0 Å². The van der Waals surface area contributed by atoms with E-state index in [1.54, 1.807) is 0 Å². The second kappa shape index (κ2) is 4.07. The van der Waals surface area contributed by atoms with Crippen LogP contribution in [0, 0.1) is 13.8 Å². The number of rotatable bonds is 1. The summed E-state index contributed by atoms with van der Waals surface area (Å²) in [6, 6.07) is 2.00. The molecular formula is C11H13BrN2O2. The molecule has 1 aliphatic heterocycles. The predicted octanol–water partition coefficient (Wildman–Crippen LogP) is 1.72. The first kappa shape index (κ1) is 11.4. The van der Waals surface area contributed by atoms with Gasteiger partial charge in [-0.15, -0.1) is 0 Å². The van der Waals surface area contributed by atoms with Gasteiger partial charge in [-0.1, -0.05) is 6.07 Å². The average Bonchev–Trinajstić information content (AvgIpc) is 2.25. The molecule has 1 aliphatic rings. The number of ether oxygens (including phenoxy) is 1. The highest BCUT2D eigenvalue weighted by atomic mass is 79.9. The molecule has 0 fully saturated rings. The number of anilines is 1. The zero-order valence-electron chi connectivity index (χ0n) is 9.13. The molecule has 0 aliphatic carbocycles. The Kier molecular flexibility index (Phi) is 2.90. The van der Waals surface area contributed by atoms with E-state index in [0.717, 1.165) is 21.3 Å². The fourth-order valence-corrected chi connectivity index (χ4v) is 2.15. The van der Waals surface area contributed by atoms with Crippen LogP contribution in [0.4, 0.5) is 5.69 Å². The monoisotopic (exact) mass is 284 g/mol. The fraction of sp³-hybridized carbons (Fsp3) is 0.364. The van der Waals surface area contributed by atoms with Crippen LogP contribution in [0.25, 0.3) is 0 Å². The van der Waals surface area contributed by atoms with Gasteiger partial charge in [-0.25, -0.2) is 0 Å². The van der Waals surface area contributed by atoms with Gasteiger partial charge in [0, 0.05) is 6.54 Å². The van der Waals surface area contributed by atoms with E-state index in [-0.39, 0.29) is 12.5 Å². The van der Waals surface area contributed by atoms with Crippen LogP contribution in [0.15, 0.2) is 10.5 Å². The van der Waals surface area contributed by atoms with E-state index in [1.165, 1.54) is 0 Å². The van der Waals surface area contributed by atoms with Crippen molar-refractivity contribution in [3.8, 4) is 5.75 Å². The number of hydrogen-bond acceptors (Lipinski definition) is 3. The first-order valence-electron chi connectivity index (χ1n) is 5.02. The molecule has 0 saturated carbocycles. The minimum absolute atomic E-state index is 0.171. The number of fused-ring (bicyclic) bond motifs is 1. The van der Waals surface area contributed by atoms with E-state index in [9.17, 15) is 4.79 Å². The Hall–Kier alpha value is -1.07. The highest BCUT2D eigenvalue weighted by Crippen LogP contribution is 2.41. The minimum Gasteiger partial charge on any atom is -0.476 e. The lowest BCUT2D eigenvalue weighted by atomic mass is 10.1. The predicted molar refractivity (Wildman–Crippen MR) is 65.7 cm³/mol. The molecule has 1 heterocycles. The Morgan fingerprint density at radius 3 is 2.81 bits per heavy atom. The number of halogens is 1. The van der Waals surface area contributed by atoms with Crippen LogP contribution in [-0.4, -0.2) is 18.6 Å². The van der Waals surface area contributed by atoms with Crippen molar-refractivity contribution in [3.63, 3.8) is 0 Å². The molecule has 1 unspecified atom stereocenters. The second-order valence-electron chi connectivity index (χ2n) is 3.86. The lowest BCUT2D eigenvalue weighted by Gasteiger charge is -2.27. The molecule has 0 bridgehead atoms. The van der Waals surface area contributed by atoms with Gasteiger partial charge >= 0.3 is 0 Å². The number of aryl methyl sites for hydroxylation is 2. The first-order valence-corrected chi connectivity index (χ1v) is 5.81. The van der Waals surface area contributed by atoms with E-state index in [0.29, 0.717) is 5.75 Å². The number of amides is 1. The molecule has 0 aromatic heterocycles. The van der Waals surface area contributed by atoms with Gasteiger partial charge in [0.2, 0.25) is 0 Å². The Balaban J connectivity index is 2.55. The van der Waals surface area contributed by atoms with Crippen molar-refractivity contribution < 1.29 is 9.53 Å². The van der Waals surface area contributed by atoms with Gasteiger partial charge < -0.3 is 15.8 Å². The summed E-state index contributed by atoms with van der Waals surface area (Å²) < 4.78 is 6.47. The molecule has 5 heteroatoms. The topological polar surface area (TPSA) is 64.3 Å². The normalized spacial score (nSPS) is 18.8. The maximum Gasteiger partial charge on any atom is 0.266 e. The lowest BCUT2D eigenvalue weighted by Crippen LogP contribution is -2.42. The van der Waals surface area contributed by atoms with Crippen molar-refractivity contribution in [2.75, 3.05) is 11.9 Å². The maximum absolute atomic E-state index is 11.6. The van der Waals surface area contributed by atoms with Crippen LogP contribution in [0.3, 0.4) is 0 Å². The van der Waals surface area contributed by atoms with Crippen molar-refractivity contribution in [2.24, 2.45) is 5.73 Å². The minimum atomic E-state index is -0.606. The summed E-state index contributed by atoms with van der Waals surface area (Å²) in [6.07, 6.45) is -0.606. The number of carbonyl (C=O) groups is 1. The van der Waals surface area contributed by atoms with Crippen LogP contribution in [0.1, 0.15) is 11.1 Å². The molecule has 86 valence electrons. The van der Waals surface area contributed by atoms with Crippen LogP contribution >= 0.6 is 15.9 Å². The van der Waals surface area contributed by atoms with Gasteiger partial charge in [0.25, 0.3) is 5.91 Å². The zero-order valence-corrected chi connectivity index (χ0v) is 10.7. The molecule has 3 N–H and O–H groups in total. The number of nitrogens with two attached hydrogens (primary N) is 1. The molecule has 0 radical (unpaired) electrons. The highest BCUT2D eigenvalue weighted by Gasteiger charge is 2.29. The quantitative estimate of drug-likeness (QED) is 0.825. The van der Waals surface area contributed by atoms with Gasteiger partial charge in [0.15, 0.2) is 11.9 Å². The standard InChI is InChI=1S/C11H13BrN2O2/c1-5-3-6(2)9-10(8(5)12)16-7(4-13)11(15)14-9/h3,7H,4,13H2,1-2H3,(H,14,15). The number of carbonyl (C=O) groups excluding carboxylic acids is 1. The van der Waals surface area contributed by atoms with Crippen molar-refractivity contribution in [1.82, 2.24) is 0 Å². The van der Waals surface area contributed by atoms with Gasteiger partial charge in [-0.2, -0.15) is 0 Å². The lowest BCUT2D eigenvalue weighted by molar-refractivity contribution is -0.123. The molecular weight excluding hydrogens is 272 g/mol. The molecule has 0 saturated heterocycles. The molecule has 1 aromatic carbocycles. The fourth-order valence-electron chi connectivity index (χ4n) is 1.75. The van der Waals surface area contributed by atoms with Crippen molar-refractivity contribution in [1.29, 1.82) is 0 Å². The number of benzene rings is 1. The molecule has 0 spiro atoms. The molecule has 1 atom stereocenters. The summed E-state index contributed by atoms with van der Waals surface area (Å²) in [5.41, 5.74) is 8.26. The Bertz CT molecular complexity index is 460. The summed E-state index contributed by atoms with van der Waals surface area (Å²) >= 11 is 3.46. The molecule has 1 aromatic rings. The first-order chi connectivity index (χ1) is 7.54. The van der Waals surface area contributed by atoms with Gasteiger partial charge in [-0.3, -0.25) is 4.79 Å². The summed E-state index contributed by atoms with van der Waals surface area (Å²) in [6.45, 7) is 4.09. The highest BCUT2D eigenvalue weighted by molar-refractivity contribution is 9.10. The van der Waals surface area contributed by atoms with Crippen molar-refractivity contribution >= 4 is 27.5 Å². The summed E-state index contributed by atoms with van der Waals surface area (Å²) in [5.74, 6) is 0.487. The second-order valence-corrected chi connectivity index (χ2v) is 4.65. The Labute approximate surface area is 102 Å².